The van der Waals surface area contributed by atoms with E-state index in [4.69, 9.17) is 5.73 Å². The summed E-state index contributed by atoms with van der Waals surface area (Å²) in [4.78, 5) is 8.26. The number of nitrogens with one attached hydrogen (secondary N) is 1. The number of aromatic nitrogens is 3. The van der Waals surface area contributed by atoms with Crippen LogP contribution < -0.4 is 10.5 Å². The fourth-order valence-electron chi connectivity index (χ4n) is 1.99. The summed E-state index contributed by atoms with van der Waals surface area (Å²) in [5.74, 6) is -0.0249. The van der Waals surface area contributed by atoms with E-state index in [1.807, 2.05) is 12.3 Å². The topological polar surface area (TPSA) is 102 Å². The maximum atomic E-state index is 12.4. The molecule has 0 aliphatic heterocycles. The average molecular weight is 323 g/mol. The monoisotopic (exact) mass is 323 g/mol. The quantitative estimate of drug-likeness (QED) is 0.750. The summed E-state index contributed by atoms with van der Waals surface area (Å²) in [5.41, 5.74) is 6.91. The Balaban J connectivity index is 1.95. The van der Waals surface area contributed by atoms with E-state index in [0.717, 1.165) is 5.01 Å². The van der Waals surface area contributed by atoms with Crippen molar-refractivity contribution >= 4 is 32.8 Å². The van der Waals surface area contributed by atoms with Gasteiger partial charge in [0.25, 0.3) is 10.0 Å². The lowest BCUT2D eigenvalue weighted by Gasteiger charge is -2.05. The molecule has 7 nitrogen and oxygen atoms in total. The number of imidazole rings is 1. The standard InChI is InChI=1S/C12H13N5O2S2/c1-8-15-9(7-20-8)6-14-21(18,19)12-11(13)16-10-4-2-3-5-17(10)12/h2-5,7,14H,6,13H2,1H3. The number of aryl methyl sites for hydroxylation is 1. The van der Waals surface area contributed by atoms with Gasteiger partial charge in [-0.3, -0.25) is 4.40 Å². The molecule has 0 aromatic carbocycles. The second kappa shape index (κ2) is 5.10. The molecule has 0 radical (unpaired) electrons. The molecule has 3 aromatic heterocycles. The van der Waals surface area contributed by atoms with Crippen LogP contribution >= 0.6 is 11.3 Å². The summed E-state index contributed by atoms with van der Waals surface area (Å²) in [6, 6.07) is 5.18. The molecule has 3 N–H and O–H groups in total. The van der Waals surface area contributed by atoms with Crippen LogP contribution in [0.1, 0.15) is 10.7 Å². The van der Waals surface area contributed by atoms with Crippen molar-refractivity contribution in [3.63, 3.8) is 0 Å². The highest BCUT2D eigenvalue weighted by atomic mass is 32.2. The molecule has 21 heavy (non-hydrogen) atoms. The number of fused-ring (bicyclic) bond motifs is 1. The zero-order chi connectivity index (χ0) is 15.0. The molecule has 3 rings (SSSR count). The predicted molar refractivity (Wildman–Crippen MR) is 80.5 cm³/mol. The van der Waals surface area contributed by atoms with Crippen LogP contribution in [0.25, 0.3) is 5.65 Å². The minimum atomic E-state index is -3.77. The minimum absolute atomic E-state index is 0.0249. The second-order valence-corrected chi connectivity index (χ2v) is 7.16. The van der Waals surface area contributed by atoms with Crippen LogP contribution in [0.2, 0.25) is 0 Å². The number of thiazole rings is 1. The summed E-state index contributed by atoms with van der Waals surface area (Å²) in [6.45, 7) is 1.98. The van der Waals surface area contributed by atoms with Crippen molar-refractivity contribution in [2.45, 2.75) is 18.5 Å². The number of nitrogens with zero attached hydrogens (tertiary/aromatic N) is 3. The Kier molecular flexibility index (Phi) is 3.40. The Bertz CT molecular complexity index is 897. The van der Waals surface area contributed by atoms with Crippen LogP contribution in [0.3, 0.4) is 0 Å². The summed E-state index contributed by atoms with van der Waals surface area (Å²) in [7, 11) is -3.77. The molecule has 0 amide bonds. The SMILES string of the molecule is Cc1nc(CNS(=O)(=O)c2c(N)nc3ccccn23)cs1. The van der Waals surface area contributed by atoms with Gasteiger partial charge in [0.1, 0.15) is 5.65 Å². The van der Waals surface area contributed by atoms with Gasteiger partial charge in [-0.05, 0) is 19.1 Å². The molecule has 0 aliphatic rings. The Morgan fingerprint density at radius 2 is 2.19 bits per heavy atom. The van der Waals surface area contributed by atoms with E-state index in [2.05, 4.69) is 14.7 Å². The van der Waals surface area contributed by atoms with E-state index < -0.39 is 10.0 Å². The van der Waals surface area contributed by atoms with Gasteiger partial charge in [0.05, 0.1) is 17.2 Å². The first-order chi connectivity index (χ1) is 9.97. The molecule has 0 aliphatic carbocycles. The van der Waals surface area contributed by atoms with Crippen LogP contribution in [-0.2, 0) is 16.6 Å². The molecular formula is C12H13N5O2S2. The highest BCUT2D eigenvalue weighted by molar-refractivity contribution is 7.89. The van der Waals surface area contributed by atoms with Crippen molar-refractivity contribution in [2.75, 3.05) is 5.73 Å². The molecule has 0 saturated heterocycles. The van der Waals surface area contributed by atoms with E-state index in [1.54, 1.807) is 24.4 Å². The first kappa shape index (κ1) is 14.0. The Morgan fingerprint density at radius 1 is 1.38 bits per heavy atom. The lowest BCUT2D eigenvalue weighted by molar-refractivity contribution is 0.576. The van der Waals surface area contributed by atoms with Gasteiger partial charge in [0.15, 0.2) is 10.8 Å². The zero-order valence-electron chi connectivity index (χ0n) is 11.1. The van der Waals surface area contributed by atoms with E-state index in [-0.39, 0.29) is 17.4 Å². The zero-order valence-corrected chi connectivity index (χ0v) is 12.8. The molecule has 0 bridgehead atoms. The van der Waals surface area contributed by atoms with Crippen LogP contribution in [0.5, 0.6) is 0 Å². The fourth-order valence-corrected chi connectivity index (χ4v) is 3.81. The molecule has 0 fully saturated rings. The average Bonchev–Trinajstić information content (AvgIpc) is 2.99. The maximum absolute atomic E-state index is 12.4. The van der Waals surface area contributed by atoms with Gasteiger partial charge in [-0.1, -0.05) is 6.07 Å². The lowest BCUT2D eigenvalue weighted by Crippen LogP contribution is -2.25. The lowest BCUT2D eigenvalue weighted by atomic mass is 10.5. The van der Waals surface area contributed by atoms with Crippen molar-refractivity contribution in [1.82, 2.24) is 19.1 Å². The van der Waals surface area contributed by atoms with Gasteiger partial charge in [-0.2, -0.15) is 0 Å². The molecule has 0 saturated carbocycles. The van der Waals surface area contributed by atoms with Crippen LogP contribution in [0.4, 0.5) is 5.82 Å². The third kappa shape index (κ3) is 2.62. The molecule has 3 heterocycles. The number of nitrogens with two attached hydrogens (primary N) is 1. The fraction of sp³-hybridized carbons (Fsp3) is 0.167. The first-order valence-corrected chi connectivity index (χ1v) is 8.47. The minimum Gasteiger partial charge on any atom is -0.381 e. The highest BCUT2D eigenvalue weighted by Gasteiger charge is 2.23. The molecule has 0 unspecified atom stereocenters. The number of anilines is 1. The van der Waals surface area contributed by atoms with E-state index in [9.17, 15) is 8.42 Å². The Labute approximate surface area is 125 Å². The maximum Gasteiger partial charge on any atom is 0.260 e. The summed E-state index contributed by atoms with van der Waals surface area (Å²) in [5, 5.41) is 2.65. The van der Waals surface area contributed by atoms with Gasteiger partial charge in [-0.15, -0.1) is 11.3 Å². The Hall–Kier alpha value is -1.97. The molecule has 0 atom stereocenters. The van der Waals surface area contributed by atoms with Crippen molar-refractivity contribution in [3.05, 3.63) is 40.5 Å². The summed E-state index contributed by atoms with van der Waals surface area (Å²) in [6.07, 6.45) is 1.61. The molecule has 9 heteroatoms. The number of hydrogen-bond acceptors (Lipinski definition) is 6. The van der Waals surface area contributed by atoms with Gasteiger partial charge >= 0.3 is 0 Å². The number of rotatable bonds is 4. The van der Waals surface area contributed by atoms with Crippen molar-refractivity contribution in [1.29, 1.82) is 0 Å². The van der Waals surface area contributed by atoms with E-state index in [0.29, 0.717) is 11.3 Å². The van der Waals surface area contributed by atoms with Crippen molar-refractivity contribution in [3.8, 4) is 0 Å². The third-order valence-corrected chi connectivity index (χ3v) is 5.14. The molecule has 0 spiro atoms. The normalized spacial score (nSPS) is 12.0. The van der Waals surface area contributed by atoms with Crippen LogP contribution in [0, 0.1) is 6.92 Å². The van der Waals surface area contributed by atoms with Gasteiger partial charge < -0.3 is 5.73 Å². The third-order valence-electron chi connectivity index (χ3n) is 2.88. The predicted octanol–water partition coefficient (Wildman–Crippen LogP) is 1.16. The van der Waals surface area contributed by atoms with E-state index in [1.165, 1.54) is 15.7 Å². The smallest absolute Gasteiger partial charge is 0.260 e. The second-order valence-electron chi connectivity index (χ2n) is 4.41. The Morgan fingerprint density at radius 3 is 2.90 bits per heavy atom. The molecule has 3 aromatic rings. The molecule has 110 valence electrons. The largest absolute Gasteiger partial charge is 0.381 e. The van der Waals surface area contributed by atoms with Gasteiger partial charge in [0.2, 0.25) is 0 Å². The number of sulfonamides is 1. The van der Waals surface area contributed by atoms with Gasteiger partial charge in [0, 0.05) is 11.6 Å². The number of nitrogen functional groups attached to an aromatic ring is 1. The summed E-state index contributed by atoms with van der Waals surface area (Å²) < 4.78 is 28.8. The molecular weight excluding hydrogens is 310 g/mol. The van der Waals surface area contributed by atoms with Crippen LogP contribution in [-0.4, -0.2) is 22.8 Å². The first-order valence-electron chi connectivity index (χ1n) is 6.10. The number of pyridine rings is 1. The van der Waals surface area contributed by atoms with Crippen molar-refractivity contribution < 1.29 is 8.42 Å². The number of hydrogen-bond donors (Lipinski definition) is 2. The van der Waals surface area contributed by atoms with Crippen LogP contribution in [0.15, 0.2) is 34.8 Å². The van der Waals surface area contributed by atoms with Crippen molar-refractivity contribution in [2.24, 2.45) is 0 Å². The summed E-state index contributed by atoms with van der Waals surface area (Å²) >= 11 is 1.47. The van der Waals surface area contributed by atoms with Gasteiger partial charge in [-0.25, -0.2) is 23.1 Å². The highest BCUT2D eigenvalue weighted by Crippen LogP contribution is 2.20. The van der Waals surface area contributed by atoms with E-state index >= 15 is 0 Å².